The van der Waals surface area contributed by atoms with E-state index in [2.05, 4.69) is 16.1 Å². The molecule has 0 bridgehead atoms. The molecule has 7 heteroatoms. The fraction of sp³-hybridized carbons (Fsp3) is 0.750. The third-order valence-electron chi connectivity index (χ3n) is 3.87. The number of thioether (sulfide) groups is 1. The molecule has 1 fully saturated rings. The van der Waals surface area contributed by atoms with Gasteiger partial charge in [-0.3, -0.25) is 4.90 Å². The van der Waals surface area contributed by atoms with E-state index < -0.39 is 5.60 Å². The fourth-order valence-electron chi connectivity index (χ4n) is 2.63. The summed E-state index contributed by atoms with van der Waals surface area (Å²) in [7, 11) is 1.85. The van der Waals surface area contributed by atoms with Crippen LogP contribution in [0, 0.1) is 0 Å². The van der Waals surface area contributed by atoms with Gasteiger partial charge in [-0.15, -0.1) is 11.3 Å². The van der Waals surface area contributed by atoms with Crippen LogP contribution in [-0.4, -0.2) is 58.9 Å². The standard InChI is InChI=1S/C16H27N3O2S2/c1-16(2,3)21-15(20)18(4)12-6-8-19(9-7-12)11-13-10-17-14(22-5)23-13/h10,12H,6-9,11H2,1-5H3. The highest BCUT2D eigenvalue weighted by atomic mass is 32.2. The monoisotopic (exact) mass is 357 g/mol. The normalized spacial score (nSPS) is 17.3. The average Bonchev–Trinajstić information content (AvgIpc) is 2.93. The Balaban J connectivity index is 1.80. The highest BCUT2D eigenvalue weighted by Crippen LogP contribution is 2.25. The fourth-order valence-corrected chi connectivity index (χ4v) is 4.12. The number of rotatable bonds is 4. The summed E-state index contributed by atoms with van der Waals surface area (Å²) >= 11 is 3.46. The molecule has 0 spiro atoms. The van der Waals surface area contributed by atoms with Crippen molar-refractivity contribution in [3.05, 3.63) is 11.1 Å². The lowest BCUT2D eigenvalue weighted by molar-refractivity contribution is 0.0149. The van der Waals surface area contributed by atoms with Crippen LogP contribution in [0.25, 0.3) is 0 Å². The minimum atomic E-state index is -0.437. The van der Waals surface area contributed by atoms with E-state index >= 15 is 0 Å². The van der Waals surface area contributed by atoms with Crippen molar-refractivity contribution < 1.29 is 9.53 Å². The van der Waals surface area contributed by atoms with Gasteiger partial charge in [0.1, 0.15) is 9.94 Å². The molecule has 0 radical (unpaired) electrons. The van der Waals surface area contributed by atoms with Crippen molar-refractivity contribution in [1.29, 1.82) is 0 Å². The van der Waals surface area contributed by atoms with Crippen LogP contribution in [0.2, 0.25) is 0 Å². The van der Waals surface area contributed by atoms with Crippen molar-refractivity contribution in [3.8, 4) is 0 Å². The van der Waals surface area contributed by atoms with Crippen LogP contribution < -0.4 is 0 Å². The summed E-state index contributed by atoms with van der Waals surface area (Å²) in [4.78, 5) is 22.1. The van der Waals surface area contributed by atoms with E-state index in [1.807, 2.05) is 34.0 Å². The third kappa shape index (κ3) is 5.65. The molecule has 1 amide bonds. The van der Waals surface area contributed by atoms with Crippen molar-refractivity contribution in [1.82, 2.24) is 14.8 Å². The van der Waals surface area contributed by atoms with Crippen molar-refractivity contribution in [2.75, 3.05) is 26.4 Å². The lowest BCUT2D eigenvalue weighted by atomic mass is 10.0. The number of aromatic nitrogens is 1. The molecule has 1 aliphatic heterocycles. The maximum absolute atomic E-state index is 12.1. The SMILES string of the molecule is CSc1ncc(CN2CCC(N(C)C(=O)OC(C)(C)C)CC2)s1. The second-order valence-electron chi connectivity index (χ2n) is 6.90. The van der Waals surface area contributed by atoms with Crippen LogP contribution in [0.5, 0.6) is 0 Å². The van der Waals surface area contributed by atoms with Gasteiger partial charge in [-0.25, -0.2) is 9.78 Å². The Bertz CT molecular complexity index is 520. The molecule has 0 aromatic carbocycles. The van der Waals surface area contributed by atoms with Crippen LogP contribution in [0.4, 0.5) is 4.79 Å². The zero-order valence-corrected chi connectivity index (χ0v) is 16.3. The molecular weight excluding hydrogens is 330 g/mol. The van der Waals surface area contributed by atoms with Crippen molar-refractivity contribution >= 4 is 29.2 Å². The summed E-state index contributed by atoms with van der Waals surface area (Å²) in [6, 6.07) is 0.268. The molecule has 0 atom stereocenters. The van der Waals surface area contributed by atoms with E-state index in [4.69, 9.17) is 4.74 Å². The minimum Gasteiger partial charge on any atom is -0.444 e. The van der Waals surface area contributed by atoms with Crippen LogP contribution in [0.1, 0.15) is 38.5 Å². The summed E-state index contributed by atoms with van der Waals surface area (Å²) in [5, 5.41) is 0. The largest absolute Gasteiger partial charge is 0.444 e. The maximum Gasteiger partial charge on any atom is 0.410 e. The van der Waals surface area contributed by atoms with Gasteiger partial charge in [0.15, 0.2) is 0 Å². The maximum atomic E-state index is 12.1. The summed E-state index contributed by atoms with van der Waals surface area (Å²) in [5.74, 6) is 0. The van der Waals surface area contributed by atoms with Crippen LogP contribution in [-0.2, 0) is 11.3 Å². The van der Waals surface area contributed by atoms with E-state index in [0.29, 0.717) is 0 Å². The Morgan fingerprint density at radius 3 is 2.65 bits per heavy atom. The average molecular weight is 358 g/mol. The van der Waals surface area contributed by atoms with Crippen molar-refractivity contribution in [2.24, 2.45) is 0 Å². The lowest BCUT2D eigenvalue weighted by Gasteiger charge is -2.37. The number of carbonyl (C=O) groups is 1. The number of carbonyl (C=O) groups excluding carboxylic acids is 1. The molecule has 0 aliphatic carbocycles. The van der Waals surface area contributed by atoms with E-state index in [-0.39, 0.29) is 12.1 Å². The first-order valence-electron chi connectivity index (χ1n) is 7.95. The van der Waals surface area contributed by atoms with Gasteiger partial charge < -0.3 is 9.64 Å². The number of ether oxygens (including phenoxy) is 1. The summed E-state index contributed by atoms with van der Waals surface area (Å²) < 4.78 is 6.58. The van der Waals surface area contributed by atoms with Crippen LogP contribution >= 0.6 is 23.1 Å². The molecule has 23 heavy (non-hydrogen) atoms. The van der Waals surface area contributed by atoms with Gasteiger partial charge in [-0.2, -0.15) is 0 Å². The lowest BCUT2D eigenvalue weighted by Crippen LogP contribution is -2.46. The molecule has 0 unspecified atom stereocenters. The second kappa shape index (κ2) is 7.85. The number of likely N-dealkylation sites (tertiary alicyclic amines) is 1. The quantitative estimate of drug-likeness (QED) is 0.769. The Hall–Kier alpha value is -0.790. The first kappa shape index (κ1) is 18.5. The first-order chi connectivity index (χ1) is 10.8. The molecule has 1 aliphatic rings. The number of hydrogen-bond donors (Lipinski definition) is 0. The molecule has 5 nitrogen and oxygen atoms in total. The summed E-state index contributed by atoms with van der Waals surface area (Å²) in [6.07, 6.45) is 5.80. The summed E-state index contributed by atoms with van der Waals surface area (Å²) in [6.45, 7) is 8.67. The van der Waals surface area contributed by atoms with Crippen molar-refractivity contribution in [3.63, 3.8) is 0 Å². The van der Waals surface area contributed by atoms with E-state index in [1.54, 1.807) is 28.0 Å². The van der Waals surface area contributed by atoms with Gasteiger partial charge in [0.2, 0.25) is 0 Å². The Morgan fingerprint density at radius 1 is 1.48 bits per heavy atom. The number of nitrogens with zero attached hydrogens (tertiary/aromatic N) is 3. The molecule has 1 aromatic heterocycles. The van der Waals surface area contributed by atoms with Gasteiger partial charge in [0, 0.05) is 43.8 Å². The number of thiazole rings is 1. The van der Waals surface area contributed by atoms with E-state index in [9.17, 15) is 4.79 Å². The third-order valence-corrected chi connectivity index (χ3v) is 5.85. The molecule has 2 rings (SSSR count). The van der Waals surface area contributed by atoms with Gasteiger partial charge in [0.25, 0.3) is 0 Å². The van der Waals surface area contributed by atoms with Gasteiger partial charge in [0.05, 0.1) is 0 Å². The molecule has 0 N–H and O–H groups in total. The minimum absolute atomic E-state index is 0.219. The number of piperidine rings is 1. The van der Waals surface area contributed by atoms with E-state index in [0.717, 1.165) is 36.8 Å². The first-order valence-corrected chi connectivity index (χ1v) is 9.99. The van der Waals surface area contributed by atoms with E-state index in [1.165, 1.54) is 4.88 Å². The molecule has 0 saturated carbocycles. The zero-order chi connectivity index (χ0) is 17.0. The number of amides is 1. The van der Waals surface area contributed by atoms with Crippen LogP contribution in [0.3, 0.4) is 0 Å². The highest BCUT2D eigenvalue weighted by molar-refractivity contribution is 8.00. The van der Waals surface area contributed by atoms with Crippen LogP contribution in [0.15, 0.2) is 10.5 Å². The smallest absolute Gasteiger partial charge is 0.410 e. The zero-order valence-electron chi connectivity index (χ0n) is 14.7. The highest BCUT2D eigenvalue weighted by Gasteiger charge is 2.28. The Kier molecular flexibility index (Phi) is 6.33. The van der Waals surface area contributed by atoms with Gasteiger partial charge >= 0.3 is 6.09 Å². The second-order valence-corrected chi connectivity index (χ2v) is 9.06. The summed E-state index contributed by atoms with van der Waals surface area (Å²) in [5.41, 5.74) is -0.437. The Morgan fingerprint density at radius 2 is 2.13 bits per heavy atom. The molecular formula is C16H27N3O2S2. The molecule has 1 saturated heterocycles. The van der Waals surface area contributed by atoms with Gasteiger partial charge in [-0.05, 0) is 39.9 Å². The number of hydrogen-bond acceptors (Lipinski definition) is 6. The predicted octanol–water partition coefficient (Wildman–Crippen LogP) is 3.70. The van der Waals surface area contributed by atoms with Gasteiger partial charge in [-0.1, -0.05) is 11.8 Å². The molecule has 2 heterocycles. The Labute approximate surface area is 147 Å². The topological polar surface area (TPSA) is 45.7 Å². The molecule has 1 aromatic rings. The predicted molar refractivity (Wildman–Crippen MR) is 96.2 cm³/mol. The molecule has 130 valence electrons. The van der Waals surface area contributed by atoms with Crippen molar-refractivity contribution in [2.45, 2.75) is 56.1 Å².